The molecule has 0 aliphatic carbocycles. The summed E-state index contributed by atoms with van der Waals surface area (Å²) in [6.07, 6.45) is 1.82. The van der Waals surface area contributed by atoms with Crippen LogP contribution in [0.5, 0.6) is 0 Å². The summed E-state index contributed by atoms with van der Waals surface area (Å²) in [5.41, 5.74) is 6.50. The molecule has 1 aromatic heterocycles. The van der Waals surface area contributed by atoms with E-state index in [1.807, 2.05) is 6.33 Å². The van der Waals surface area contributed by atoms with E-state index in [0.717, 1.165) is 44.2 Å². The highest BCUT2D eigenvalue weighted by Gasteiger charge is 2.20. The third-order valence-corrected chi connectivity index (χ3v) is 5.55. The van der Waals surface area contributed by atoms with Crippen LogP contribution in [0.15, 0.2) is 48.8 Å². The standard InChI is InChI=1S/C22H27N5/c1-17-6-4-8-20(14-17)27-16-23-24-22(27)15-25-10-12-26(13-11-25)21-9-5-7-18(2)19(21)3/h4-9,14,16H,10-13,15H2,1-3H3. The molecular formula is C22H27N5. The first-order valence-electron chi connectivity index (χ1n) is 9.61. The van der Waals surface area contributed by atoms with Crippen LogP contribution in [-0.4, -0.2) is 45.8 Å². The second-order valence-corrected chi connectivity index (χ2v) is 7.44. The summed E-state index contributed by atoms with van der Waals surface area (Å²) in [5.74, 6) is 1.00. The Morgan fingerprint density at radius 2 is 1.70 bits per heavy atom. The summed E-state index contributed by atoms with van der Waals surface area (Å²) in [7, 11) is 0. The lowest BCUT2D eigenvalue weighted by Crippen LogP contribution is -2.46. The molecule has 27 heavy (non-hydrogen) atoms. The number of nitrogens with zero attached hydrogens (tertiary/aromatic N) is 5. The molecule has 1 saturated heterocycles. The second kappa shape index (κ2) is 7.53. The lowest BCUT2D eigenvalue weighted by atomic mass is 10.1. The predicted molar refractivity (Wildman–Crippen MR) is 110 cm³/mol. The van der Waals surface area contributed by atoms with Crippen LogP contribution in [0, 0.1) is 20.8 Å². The van der Waals surface area contributed by atoms with Crippen molar-refractivity contribution in [3.63, 3.8) is 0 Å². The van der Waals surface area contributed by atoms with E-state index in [-0.39, 0.29) is 0 Å². The van der Waals surface area contributed by atoms with Gasteiger partial charge in [0.05, 0.1) is 6.54 Å². The Morgan fingerprint density at radius 1 is 0.926 bits per heavy atom. The summed E-state index contributed by atoms with van der Waals surface area (Å²) < 4.78 is 2.10. The van der Waals surface area contributed by atoms with Crippen molar-refractivity contribution in [1.82, 2.24) is 19.7 Å². The van der Waals surface area contributed by atoms with Gasteiger partial charge >= 0.3 is 0 Å². The minimum Gasteiger partial charge on any atom is -0.369 e. The summed E-state index contributed by atoms with van der Waals surface area (Å²) >= 11 is 0. The van der Waals surface area contributed by atoms with Crippen molar-refractivity contribution in [2.45, 2.75) is 27.3 Å². The molecule has 1 fully saturated rings. The van der Waals surface area contributed by atoms with E-state index < -0.39 is 0 Å². The Kier molecular flexibility index (Phi) is 4.94. The smallest absolute Gasteiger partial charge is 0.151 e. The minimum absolute atomic E-state index is 0.828. The van der Waals surface area contributed by atoms with Gasteiger partial charge in [0.25, 0.3) is 0 Å². The molecule has 0 spiro atoms. The molecule has 0 unspecified atom stereocenters. The van der Waals surface area contributed by atoms with E-state index in [1.54, 1.807) is 0 Å². The van der Waals surface area contributed by atoms with E-state index in [1.165, 1.54) is 22.4 Å². The summed E-state index contributed by atoms with van der Waals surface area (Å²) in [4.78, 5) is 4.97. The van der Waals surface area contributed by atoms with Crippen molar-refractivity contribution in [2.75, 3.05) is 31.1 Å². The fraction of sp³-hybridized carbons (Fsp3) is 0.364. The molecule has 0 N–H and O–H groups in total. The topological polar surface area (TPSA) is 37.2 Å². The van der Waals surface area contributed by atoms with Gasteiger partial charge in [0.15, 0.2) is 5.82 Å². The Labute approximate surface area is 161 Å². The quantitative estimate of drug-likeness (QED) is 0.713. The number of piperazine rings is 1. The average Bonchev–Trinajstić information content (AvgIpc) is 3.13. The number of anilines is 1. The molecule has 140 valence electrons. The molecule has 0 atom stereocenters. The molecular weight excluding hydrogens is 334 g/mol. The van der Waals surface area contributed by atoms with Gasteiger partial charge in [-0.1, -0.05) is 24.3 Å². The van der Waals surface area contributed by atoms with Gasteiger partial charge in [-0.15, -0.1) is 10.2 Å². The predicted octanol–water partition coefficient (Wildman–Crippen LogP) is 3.51. The first-order chi connectivity index (χ1) is 13.1. The van der Waals surface area contributed by atoms with Gasteiger partial charge in [0.2, 0.25) is 0 Å². The van der Waals surface area contributed by atoms with E-state index in [0.29, 0.717) is 0 Å². The molecule has 2 aromatic carbocycles. The molecule has 1 aliphatic rings. The first kappa shape index (κ1) is 17.7. The first-order valence-corrected chi connectivity index (χ1v) is 9.61. The molecule has 0 radical (unpaired) electrons. The largest absolute Gasteiger partial charge is 0.369 e. The van der Waals surface area contributed by atoms with Crippen molar-refractivity contribution >= 4 is 5.69 Å². The van der Waals surface area contributed by atoms with E-state index in [9.17, 15) is 0 Å². The van der Waals surface area contributed by atoms with E-state index in [4.69, 9.17) is 0 Å². The van der Waals surface area contributed by atoms with Crippen LogP contribution in [0.25, 0.3) is 5.69 Å². The van der Waals surface area contributed by atoms with Crippen LogP contribution < -0.4 is 4.90 Å². The highest BCUT2D eigenvalue weighted by atomic mass is 15.3. The third-order valence-electron chi connectivity index (χ3n) is 5.55. The fourth-order valence-electron chi connectivity index (χ4n) is 3.79. The van der Waals surface area contributed by atoms with Gasteiger partial charge < -0.3 is 4.90 Å². The maximum atomic E-state index is 4.38. The number of aryl methyl sites for hydroxylation is 2. The Balaban J connectivity index is 1.43. The van der Waals surface area contributed by atoms with Crippen LogP contribution in [0.1, 0.15) is 22.5 Å². The highest BCUT2D eigenvalue weighted by molar-refractivity contribution is 5.56. The Morgan fingerprint density at radius 3 is 2.48 bits per heavy atom. The normalized spacial score (nSPS) is 15.3. The zero-order valence-electron chi connectivity index (χ0n) is 16.4. The molecule has 0 saturated carbocycles. The second-order valence-electron chi connectivity index (χ2n) is 7.44. The Bertz CT molecular complexity index is 922. The highest BCUT2D eigenvalue weighted by Crippen LogP contribution is 2.24. The number of benzene rings is 2. The van der Waals surface area contributed by atoms with Gasteiger partial charge in [0, 0.05) is 37.6 Å². The monoisotopic (exact) mass is 361 g/mol. The molecule has 3 aromatic rings. The van der Waals surface area contributed by atoms with Gasteiger partial charge in [0.1, 0.15) is 6.33 Å². The number of rotatable bonds is 4. The maximum absolute atomic E-state index is 4.38. The van der Waals surface area contributed by atoms with Crippen molar-refractivity contribution in [2.24, 2.45) is 0 Å². The minimum atomic E-state index is 0.828. The molecule has 5 nitrogen and oxygen atoms in total. The summed E-state index contributed by atoms with van der Waals surface area (Å²) in [6, 6.07) is 15.1. The summed E-state index contributed by atoms with van der Waals surface area (Å²) in [5, 5.41) is 8.53. The molecule has 4 rings (SSSR count). The lowest BCUT2D eigenvalue weighted by Gasteiger charge is -2.36. The van der Waals surface area contributed by atoms with Crippen molar-refractivity contribution in [3.8, 4) is 5.69 Å². The fourth-order valence-corrected chi connectivity index (χ4v) is 3.79. The molecule has 5 heteroatoms. The van der Waals surface area contributed by atoms with Crippen LogP contribution in [-0.2, 0) is 6.54 Å². The van der Waals surface area contributed by atoms with Gasteiger partial charge in [-0.25, -0.2) is 0 Å². The molecule has 2 heterocycles. The molecule has 0 amide bonds. The van der Waals surface area contributed by atoms with Crippen molar-refractivity contribution in [1.29, 1.82) is 0 Å². The number of hydrogen-bond donors (Lipinski definition) is 0. The SMILES string of the molecule is Cc1cccc(-n2cnnc2CN2CCN(c3cccc(C)c3C)CC2)c1. The Hall–Kier alpha value is -2.66. The number of aromatic nitrogens is 3. The van der Waals surface area contributed by atoms with Crippen LogP contribution in [0.2, 0.25) is 0 Å². The maximum Gasteiger partial charge on any atom is 0.151 e. The van der Waals surface area contributed by atoms with Crippen LogP contribution in [0.4, 0.5) is 5.69 Å². The summed E-state index contributed by atoms with van der Waals surface area (Å²) in [6.45, 7) is 11.5. The van der Waals surface area contributed by atoms with Gasteiger partial charge in [-0.05, 0) is 55.7 Å². The van der Waals surface area contributed by atoms with Crippen molar-refractivity contribution < 1.29 is 0 Å². The number of hydrogen-bond acceptors (Lipinski definition) is 4. The lowest BCUT2D eigenvalue weighted by molar-refractivity contribution is 0.242. The van der Waals surface area contributed by atoms with Gasteiger partial charge in [-0.3, -0.25) is 9.47 Å². The van der Waals surface area contributed by atoms with E-state index in [2.05, 4.69) is 87.8 Å². The molecule has 1 aliphatic heterocycles. The van der Waals surface area contributed by atoms with Crippen molar-refractivity contribution in [3.05, 3.63) is 71.3 Å². The van der Waals surface area contributed by atoms with Crippen LogP contribution in [0.3, 0.4) is 0 Å². The average molecular weight is 361 g/mol. The molecule has 0 bridgehead atoms. The third kappa shape index (κ3) is 3.74. The zero-order valence-corrected chi connectivity index (χ0v) is 16.4. The van der Waals surface area contributed by atoms with Gasteiger partial charge in [-0.2, -0.15) is 0 Å². The zero-order chi connectivity index (χ0) is 18.8. The van der Waals surface area contributed by atoms with E-state index >= 15 is 0 Å². The van der Waals surface area contributed by atoms with Crippen LogP contribution >= 0.6 is 0 Å².